The number of phenols is 1. The van der Waals surface area contributed by atoms with Crippen LogP contribution in [0.3, 0.4) is 0 Å². The van der Waals surface area contributed by atoms with Crippen LogP contribution in [0.4, 0.5) is 11.4 Å². The number of methoxy groups -OCH3 is 1. The van der Waals surface area contributed by atoms with E-state index in [0.29, 0.717) is 17.1 Å². The van der Waals surface area contributed by atoms with Crippen molar-refractivity contribution < 1.29 is 18.3 Å². The topological polar surface area (TPSA) is 66.8 Å². The van der Waals surface area contributed by atoms with Gasteiger partial charge in [0.15, 0.2) is 0 Å². The molecule has 0 radical (unpaired) electrons. The zero-order valence-corrected chi connectivity index (χ0v) is 13.8. The second-order valence-corrected chi connectivity index (χ2v) is 6.98. The van der Waals surface area contributed by atoms with E-state index in [4.69, 9.17) is 4.74 Å². The molecule has 2 rings (SSSR count). The first-order valence-corrected chi connectivity index (χ1v) is 8.53. The van der Waals surface area contributed by atoms with E-state index in [2.05, 4.69) is 0 Å². The molecule has 1 N–H and O–H groups in total. The molecule has 5 nitrogen and oxygen atoms in total. The highest BCUT2D eigenvalue weighted by Gasteiger charge is 2.22. The molecule has 0 heterocycles. The van der Waals surface area contributed by atoms with Crippen molar-refractivity contribution >= 4 is 21.4 Å². The summed E-state index contributed by atoms with van der Waals surface area (Å²) in [5, 5.41) is 9.39. The lowest BCUT2D eigenvalue weighted by atomic mass is 10.1. The van der Waals surface area contributed by atoms with Crippen LogP contribution in [0.2, 0.25) is 0 Å². The van der Waals surface area contributed by atoms with Crippen LogP contribution in [0.5, 0.6) is 11.5 Å². The van der Waals surface area contributed by atoms with Gasteiger partial charge in [0.05, 0.1) is 24.7 Å². The van der Waals surface area contributed by atoms with Gasteiger partial charge in [-0.05, 0) is 61.4 Å². The summed E-state index contributed by atoms with van der Waals surface area (Å²) < 4.78 is 31.1. The fourth-order valence-electron chi connectivity index (χ4n) is 2.31. The average molecular weight is 321 g/mol. The summed E-state index contributed by atoms with van der Waals surface area (Å²) >= 11 is 0. The van der Waals surface area contributed by atoms with Crippen molar-refractivity contribution in [1.29, 1.82) is 0 Å². The predicted octanol–water partition coefficient (Wildman–Crippen LogP) is 3.12. The number of aromatic hydroxyl groups is 1. The molecule has 0 fully saturated rings. The molecule has 2 aromatic carbocycles. The van der Waals surface area contributed by atoms with Gasteiger partial charge in [-0.1, -0.05) is 0 Å². The second-order valence-electron chi connectivity index (χ2n) is 5.15. The lowest BCUT2D eigenvalue weighted by molar-refractivity contribution is 0.411. The number of nitrogens with zero attached hydrogens (tertiary/aromatic N) is 1. The van der Waals surface area contributed by atoms with Gasteiger partial charge in [-0.15, -0.1) is 0 Å². The molecule has 118 valence electrons. The summed E-state index contributed by atoms with van der Waals surface area (Å²) in [6, 6.07) is 9.63. The van der Waals surface area contributed by atoms with Crippen molar-refractivity contribution in [3.8, 4) is 11.5 Å². The van der Waals surface area contributed by atoms with Crippen LogP contribution in [0, 0.1) is 13.8 Å². The quantitative estimate of drug-likeness (QED) is 0.939. The summed E-state index contributed by atoms with van der Waals surface area (Å²) in [4.78, 5) is 0. The van der Waals surface area contributed by atoms with Gasteiger partial charge in [-0.2, -0.15) is 0 Å². The molecule has 0 amide bonds. The van der Waals surface area contributed by atoms with E-state index in [9.17, 15) is 13.5 Å². The Kier molecular flexibility index (Phi) is 4.32. The van der Waals surface area contributed by atoms with E-state index in [1.165, 1.54) is 16.4 Å². The third-order valence-electron chi connectivity index (χ3n) is 3.35. The lowest BCUT2D eigenvalue weighted by Crippen LogP contribution is -2.25. The maximum atomic E-state index is 12.3. The van der Waals surface area contributed by atoms with Crippen LogP contribution in [-0.2, 0) is 10.0 Å². The molecule has 2 aromatic rings. The van der Waals surface area contributed by atoms with Gasteiger partial charge < -0.3 is 9.84 Å². The molecule has 0 aliphatic rings. The monoisotopic (exact) mass is 321 g/mol. The number of sulfonamides is 1. The Morgan fingerprint density at radius 2 is 1.64 bits per heavy atom. The minimum absolute atomic E-state index is 0.0832. The highest BCUT2D eigenvalue weighted by atomic mass is 32.2. The molecule has 0 aliphatic heterocycles. The third kappa shape index (κ3) is 3.17. The minimum Gasteiger partial charge on any atom is -0.508 e. The maximum absolute atomic E-state index is 12.3. The molecule has 0 bridgehead atoms. The van der Waals surface area contributed by atoms with E-state index in [-0.39, 0.29) is 5.75 Å². The molecule has 0 saturated carbocycles. The van der Waals surface area contributed by atoms with Gasteiger partial charge in [0, 0.05) is 0 Å². The highest BCUT2D eigenvalue weighted by molar-refractivity contribution is 7.92. The van der Waals surface area contributed by atoms with Crippen LogP contribution in [0.15, 0.2) is 36.4 Å². The van der Waals surface area contributed by atoms with E-state index in [0.717, 1.165) is 17.4 Å². The number of hydrogen-bond acceptors (Lipinski definition) is 4. The van der Waals surface area contributed by atoms with Crippen molar-refractivity contribution in [2.45, 2.75) is 13.8 Å². The van der Waals surface area contributed by atoms with E-state index in [1.54, 1.807) is 25.3 Å². The maximum Gasteiger partial charge on any atom is 0.236 e. The molecular weight excluding hydrogens is 302 g/mol. The summed E-state index contributed by atoms with van der Waals surface area (Å²) in [6.07, 6.45) is 1.15. The summed E-state index contributed by atoms with van der Waals surface area (Å²) in [7, 11) is -1.95. The highest BCUT2D eigenvalue weighted by Crippen LogP contribution is 2.35. The first-order valence-electron chi connectivity index (χ1n) is 6.68. The average Bonchev–Trinajstić information content (AvgIpc) is 2.43. The van der Waals surface area contributed by atoms with Crippen molar-refractivity contribution in [3.63, 3.8) is 0 Å². The van der Waals surface area contributed by atoms with Crippen molar-refractivity contribution in [1.82, 2.24) is 0 Å². The fourth-order valence-corrected chi connectivity index (χ4v) is 3.37. The first-order chi connectivity index (χ1) is 10.2. The Hall–Kier alpha value is -2.21. The molecule has 0 atom stereocenters. The molecule has 0 aliphatic carbocycles. The summed E-state index contributed by atoms with van der Waals surface area (Å²) in [6.45, 7) is 3.69. The normalized spacial score (nSPS) is 11.3. The zero-order valence-electron chi connectivity index (χ0n) is 13.0. The lowest BCUT2D eigenvalue weighted by Gasteiger charge is -2.25. The number of anilines is 2. The van der Waals surface area contributed by atoms with Crippen molar-refractivity contribution in [2.24, 2.45) is 0 Å². The van der Waals surface area contributed by atoms with E-state index < -0.39 is 10.0 Å². The molecule has 6 heteroatoms. The van der Waals surface area contributed by atoms with E-state index >= 15 is 0 Å². The Bertz CT molecular complexity index is 783. The van der Waals surface area contributed by atoms with Gasteiger partial charge in [-0.25, -0.2) is 12.7 Å². The van der Waals surface area contributed by atoms with Crippen LogP contribution in [0.1, 0.15) is 11.1 Å². The number of benzene rings is 2. The van der Waals surface area contributed by atoms with Crippen molar-refractivity contribution in [3.05, 3.63) is 47.5 Å². The fraction of sp³-hybridized carbons (Fsp3) is 0.250. The Balaban J connectivity index is 2.66. The number of ether oxygens (including phenoxy) is 1. The summed E-state index contributed by atoms with van der Waals surface area (Å²) in [5.74, 6) is 0.792. The first kappa shape index (κ1) is 16.2. The number of hydrogen-bond donors (Lipinski definition) is 1. The minimum atomic E-state index is -3.53. The zero-order chi connectivity index (χ0) is 16.5. The van der Waals surface area contributed by atoms with E-state index in [1.807, 2.05) is 19.9 Å². The van der Waals surface area contributed by atoms with Gasteiger partial charge in [0.25, 0.3) is 0 Å². The molecule has 0 spiro atoms. The van der Waals surface area contributed by atoms with Crippen LogP contribution >= 0.6 is 0 Å². The van der Waals surface area contributed by atoms with Crippen molar-refractivity contribution in [2.75, 3.05) is 17.7 Å². The van der Waals surface area contributed by atoms with Gasteiger partial charge in [-0.3, -0.25) is 0 Å². The third-order valence-corrected chi connectivity index (χ3v) is 4.42. The SMILES string of the molecule is COc1cc(C)c(N(c2ccc(O)cc2)S(C)(=O)=O)cc1C. The number of phenolic OH excluding ortho intramolecular Hbond substituents is 1. The largest absolute Gasteiger partial charge is 0.508 e. The van der Waals surface area contributed by atoms with Crippen LogP contribution in [-0.4, -0.2) is 26.9 Å². The number of aryl methyl sites for hydroxylation is 2. The summed E-state index contributed by atoms with van der Waals surface area (Å²) in [5.41, 5.74) is 2.65. The second kappa shape index (κ2) is 5.88. The Labute approximate surface area is 130 Å². The predicted molar refractivity (Wildman–Crippen MR) is 87.6 cm³/mol. The molecule has 0 saturated heterocycles. The van der Waals surface area contributed by atoms with Gasteiger partial charge in [0.2, 0.25) is 10.0 Å². The Morgan fingerprint density at radius 3 is 2.14 bits per heavy atom. The van der Waals surface area contributed by atoms with Crippen LogP contribution in [0.25, 0.3) is 0 Å². The van der Waals surface area contributed by atoms with Crippen LogP contribution < -0.4 is 9.04 Å². The molecule has 22 heavy (non-hydrogen) atoms. The smallest absolute Gasteiger partial charge is 0.236 e. The Morgan fingerprint density at radius 1 is 1.05 bits per heavy atom. The molecule has 0 unspecified atom stereocenters. The van der Waals surface area contributed by atoms with Gasteiger partial charge >= 0.3 is 0 Å². The molecule has 0 aromatic heterocycles. The standard InChI is InChI=1S/C16H19NO4S/c1-11-10-16(21-3)12(2)9-15(11)17(22(4,19)20)13-5-7-14(18)8-6-13/h5-10,18H,1-4H3. The number of rotatable bonds is 4. The van der Waals surface area contributed by atoms with Gasteiger partial charge in [0.1, 0.15) is 11.5 Å². The molecular formula is C16H19NO4S.